The molecule has 0 amide bonds. The van der Waals surface area contributed by atoms with Crippen LogP contribution in [0.5, 0.6) is 0 Å². The molecule has 2 nitrogen and oxygen atoms in total. The van der Waals surface area contributed by atoms with E-state index in [9.17, 15) is 4.79 Å². The molecule has 0 spiro atoms. The minimum atomic E-state index is -0.367. The van der Waals surface area contributed by atoms with Gasteiger partial charge in [-0.2, -0.15) is 0 Å². The molecule has 1 heterocycles. The first-order valence-corrected chi connectivity index (χ1v) is 6.12. The van der Waals surface area contributed by atoms with E-state index in [0.717, 1.165) is 17.1 Å². The number of carbonyl (C=O) groups is 1. The Morgan fingerprint density at radius 3 is 3.07 bits per heavy atom. The van der Waals surface area contributed by atoms with E-state index in [1.165, 1.54) is 19.1 Å². The molecule has 0 saturated heterocycles. The van der Waals surface area contributed by atoms with E-state index in [0.29, 0.717) is 10.6 Å². The summed E-state index contributed by atoms with van der Waals surface area (Å²) in [5.74, 6) is 0.740. The van der Waals surface area contributed by atoms with Gasteiger partial charge in [0, 0.05) is 4.90 Å². The van der Waals surface area contributed by atoms with E-state index in [1.54, 1.807) is 11.8 Å². The van der Waals surface area contributed by atoms with Crippen LogP contribution in [-0.4, -0.2) is 18.8 Å². The minimum absolute atomic E-state index is 0.367. The van der Waals surface area contributed by atoms with Gasteiger partial charge < -0.3 is 4.74 Å². The van der Waals surface area contributed by atoms with Crippen molar-refractivity contribution >= 4 is 29.3 Å². The molecule has 0 saturated carbocycles. The lowest BCUT2D eigenvalue weighted by Gasteiger charge is -2.16. The number of halogens is 1. The number of hydrogen-bond acceptors (Lipinski definition) is 3. The van der Waals surface area contributed by atoms with Gasteiger partial charge in [0.1, 0.15) is 0 Å². The quantitative estimate of drug-likeness (QED) is 0.708. The standard InChI is InChI=1S/C11H11ClO2S/c1-14-11(13)8-6-10-7(5-9(8)12)3-2-4-15-10/h5-6H,2-4H2,1H3. The summed E-state index contributed by atoms with van der Waals surface area (Å²) in [4.78, 5) is 12.6. The van der Waals surface area contributed by atoms with E-state index in [1.807, 2.05) is 12.1 Å². The number of thioether (sulfide) groups is 1. The summed E-state index contributed by atoms with van der Waals surface area (Å²) in [5, 5.41) is 0.489. The van der Waals surface area contributed by atoms with Crippen molar-refractivity contribution in [3.8, 4) is 0 Å². The van der Waals surface area contributed by atoms with E-state index in [4.69, 9.17) is 11.6 Å². The van der Waals surface area contributed by atoms with Crippen molar-refractivity contribution in [1.29, 1.82) is 0 Å². The number of carbonyl (C=O) groups excluding carboxylic acids is 1. The van der Waals surface area contributed by atoms with Gasteiger partial charge in [0.15, 0.2) is 0 Å². The van der Waals surface area contributed by atoms with Gasteiger partial charge in [0.05, 0.1) is 17.7 Å². The van der Waals surface area contributed by atoms with Gasteiger partial charge in [-0.05, 0) is 36.3 Å². The van der Waals surface area contributed by atoms with Crippen molar-refractivity contribution in [3.63, 3.8) is 0 Å². The molecule has 0 N–H and O–H groups in total. The zero-order valence-electron chi connectivity index (χ0n) is 8.38. The Labute approximate surface area is 98.0 Å². The number of rotatable bonds is 1. The Bertz CT molecular complexity index is 404. The molecule has 2 rings (SSSR count). The van der Waals surface area contributed by atoms with E-state index in [-0.39, 0.29) is 5.97 Å². The smallest absolute Gasteiger partial charge is 0.339 e. The number of esters is 1. The molecule has 0 bridgehead atoms. The lowest BCUT2D eigenvalue weighted by atomic mass is 10.1. The number of ether oxygens (including phenoxy) is 1. The molecule has 1 aromatic carbocycles. The molecule has 4 heteroatoms. The van der Waals surface area contributed by atoms with Crippen LogP contribution in [0.15, 0.2) is 17.0 Å². The maximum absolute atomic E-state index is 11.4. The normalized spacial score (nSPS) is 14.5. The summed E-state index contributed by atoms with van der Waals surface area (Å²) in [6.07, 6.45) is 2.22. The fourth-order valence-corrected chi connectivity index (χ4v) is 2.96. The van der Waals surface area contributed by atoms with Crippen molar-refractivity contribution < 1.29 is 9.53 Å². The van der Waals surface area contributed by atoms with Gasteiger partial charge in [-0.15, -0.1) is 11.8 Å². The molecule has 1 aliphatic rings. The fourth-order valence-electron chi connectivity index (χ4n) is 1.64. The molecule has 0 aromatic heterocycles. The molecule has 0 unspecified atom stereocenters. The van der Waals surface area contributed by atoms with Gasteiger partial charge in [-0.25, -0.2) is 4.79 Å². The summed E-state index contributed by atoms with van der Waals surface area (Å²) in [6.45, 7) is 0. The maximum atomic E-state index is 11.4. The van der Waals surface area contributed by atoms with Crippen LogP contribution in [0.25, 0.3) is 0 Å². The van der Waals surface area contributed by atoms with Crippen molar-refractivity contribution in [2.45, 2.75) is 17.7 Å². The first-order chi connectivity index (χ1) is 7.22. The minimum Gasteiger partial charge on any atom is -0.465 e. The van der Waals surface area contributed by atoms with E-state index < -0.39 is 0 Å². The summed E-state index contributed by atoms with van der Waals surface area (Å²) >= 11 is 7.80. The third-order valence-corrected chi connectivity index (χ3v) is 3.90. The molecule has 1 aromatic rings. The third kappa shape index (κ3) is 2.13. The number of fused-ring (bicyclic) bond motifs is 1. The highest BCUT2D eigenvalue weighted by Gasteiger charge is 2.17. The van der Waals surface area contributed by atoms with E-state index >= 15 is 0 Å². The second kappa shape index (κ2) is 4.45. The molecular weight excluding hydrogens is 232 g/mol. The monoisotopic (exact) mass is 242 g/mol. The van der Waals surface area contributed by atoms with Crippen molar-refractivity contribution in [1.82, 2.24) is 0 Å². The van der Waals surface area contributed by atoms with Gasteiger partial charge >= 0.3 is 5.97 Å². The number of methoxy groups -OCH3 is 1. The highest BCUT2D eigenvalue weighted by Crippen LogP contribution is 2.34. The average molecular weight is 243 g/mol. The SMILES string of the molecule is COC(=O)c1cc2c(cc1Cl)CCCS2. The Morgan fingerprint density at radius 2 is 2.33 bits per heavy atom. The molecule has 1 aliphatic heterocycles. The topological polar surface area (TPSA) is 26.3 Å². The second-order valence-electron chi connectivity index (χ2n) is 3.38. The zero-order chi connectivity index (χ0) is 10.8. The van der Waals surface area contributed by atoms with Crippen LogP contribution in [0, 0.1) is 0 Å². The zero-order valence-corrected chi connectivity index (χ0v) is 9.95. The molecular formula is C11H11ClO2S. The number of aryl methyl sites for hydroxylation is 1. The third-order valence-electron chi connectivity index (χ3n) is 2.40. The Balaban J connectivity index is 2.44. The predicted molar refractivity (Wildman–Crippen MR) is 61.8 cm³/mol. The number of hydrogen-bond donors (Lipinski definition) is 0. The molecule has 0 aliphatic carbocycles. The second-order valence-corrected chi connectivity index (χ2v) is 4.93. The molecule has 15 heavy (non-hydrogen) atoms. The predicted octanol–water partition coefficient (Wildman–Crippen LogP) is 3.16. The molecule has 0 fully saturated rings. The highest BCUT2D eigenvalue weighted by atomic mass is 35.5. The first kappa shape index (κ1) is 10.8. The lowest BCUT2D eigenvalue weighted by molar-refractivity contribution is 0.0600. The van der Waals surface area contributed by atoms with E-state index in [2.05, 4.69) is 4.74 Å². The fraction of sp³-hybridized carbons (Fsp3) is 0.364. The molecule has 0 atom stereocenters. The highest BCUT2D eigenvalue weighted by molar-refractivity contribution is 7.99. The van der Waals surface area contributed by atoms with Crippen LogP contribution >= 0.6 is 23.4 Å². The van der Waals surface area contributed by atoms with Crippen LogP contribution in [0.4, 0.5) is 0 Å². The summed E-state index contributed by atoms with van der Waals surface area (Å²) < 4.78 is 4.68. The summed E-state index contributed by atoms with van der Waals surface area (Å²) in [7, 11) is 1.37. The van der Waals surface area contributed by atoms with Crippen molar-refractivity contribution in [3.05, 3.63) is 28.3 Å². The lowest BCUT2D eigenvalue weighted by Crippen LogP contribution is -2.06. The van der Waals surface area contributed by atoms with Crippen LogP contribution in [0.3, 0.4) is 0 Å². The van der Waals surface area contributed by atoms with Gasteiger partial charge in [-0.1, -0.05) is 11.6 Å². The Kier molecular flexibility index (Phi) is 3.22. The van der Waals surface area contributed by atoms with Crippen molar-refractivity contribution in [2.24, 2.45) is 0 Å². The van der Waals surface area contributed by atoms with Crippen LogP contribution in [-0.2, 0) is 11.2 Å². The molecule has 0 radical (unpaired) electrons. The van der Waals surface area contributed by atoms with Crippen molar-refractivity contribution in [2.75, 3.05) is 12.9 Å². The van der Waals surface area contributed by atoms with Gasteiger partial charge in [0.25, 0.3) is 0 Å². The first-order valence-electron chi connectivity index (χ1n) is 4.76. The van der Waals surface area contributed by atoms with Gasteiger partial charge in [0.2, 0.25) is 0 Å². The Morgan fingerprint density at radius 1 is 1.53 bits per heavy atom. The average Bonchev–Trinajstić information content (AvgIpc) is 2.27. The maximum Gasteiger partial charge on any atom is 0.339 e. The largest absolute Gasteiger partial charge is 0.465 e. The van der Waals surface area contributed by atoms with Crippen LogP contribution in [0.1, 0.15) is 22.3 Å². The van der Waals surface area contributed by atoms with Gasteiger partial charge in [-0.3, -0.25) is 0 Å². The Hall–Kier alpha value is -0.670. The molecule has 80 valence electrons. The summed E-state index contributed by atoms with van der Waals surface area (Å²) in [6, 6.07) is 3.72. The summed E-state index contributed by atoms with van der Waals surface area (Å²) in [5.41, 5.74) is 1.70. The van der Waals surface area contributed by atoms with Crippen LogP contribution in [0.2, 0.25) is 5.02 Å². The van der Waals surface area contributed by atoms with Crippen LogP contribution < -0.4 is 0 Å². The number of benzene rings is 1.